The van der Waals surface area contributed by atoms with Gasteiger partial charge in [0, 0.05) is 11.4 Å². The van der Waals surface area contributed by atoms with Crippen LogP contribution in [0.4, 0.5) is 18.9 Å². The second-order valence-corrected chi connectivity index (χ2v) is 7.00. The maximum Gasteiger partial charge on any atom is 0.573 e. The van der Waals surface area contributed by atoms with Crippen molar-refractivity contribution < 1.29 is 32.0 Å². The number of thioether (sulfide) groups is 1. The van der Waals surface area contributed by atoms with Crippen LogP contribution in [0.15, 0.2) is 59.1 Å². The summed E-state index contributed by atoms with van der Waals surface area (Å²) < 4.78 is 45.5. The number of carbonyl (C=O) groups is 2. The standard InChI is InChI=1S/C20H15F3N2O4S/c1-12-16(17(25-29-12)19(27)30-11-13-5-3-2-4-6-13)18(26)24-14-7-9-15(10-8-14)28-20(21,22)23/h2-10H,11H2,1H3,(H,24,26). The van der Waals surface area contributed by atoms with E-state index in [0.29, 0.717) is 5.75 Å². The molecule has 0 atom stereocenters. The molecule has 2 aromatic carbocycles. The van der Waals surface area contributed by atoms with Crippen molar-refractivity contribution in [3.05, 3.63) is 77.2 Å². The zero-order valence-electron chi connectivity index (χ0n) is 15.5. The highest BCUT2D eigenvalue weighted by Crippen LogP contribution is 2.26. The molecule has 30 heavy (non-hydrogen) atoms. The van der Waals surface area contributed by atoms with E-state index in [9.17, 15) is 22.8 Å². The van der Waals surface area contributed by atoms with Gasteiger partial charge in [-0.1, -0.05) is 47.3 Å². The Morgan fingerprint density at radius 3 is 2.40 bits per heavy atom. The Morgan fingerprint density at radius 2 is 1.77 bits per heavy atom. The van der Waals surface area contributed by atoms with Gasteiger partial charge in [0.05, 0.1) is 0 Å². The predicted octanol–water partition coefficient (Wildman–Crippen LogP) is 5.21. The molecule has 1 aromatic heterocycles. The first-order valence-corrected chi connectivity index (χ1v) is 9.56. The van der Waals surface area contributed by atoms with Crippen LogP contribution in [0.3, 0.4) is 0 Å². The minimum absolute atomic E-state index is 0.0313. The Labute approximate surface area is 173 Å². The van der Waals surface area contributed by atoms with E-state index in [1.807, 2.05) is 30.3 Å². The van der Waals surface area contributed by atoms with Crippen molar-refractivity contribution in [3.8, 4) is 5.75 Å². The number of ether oxygens (including phenoxy) is 1. The Bertz CT molecular complexity index is 1030. The van der Waals surface area contributed by atoms with Gasteiger partial charge >= 0.3 is 6.36 Å². The van der Waals surface area contributed by atoms with E-state index in [-0.39, 0.29) is 22.7 Å². The molecule has 0 aliphatic carbocycles. The minimum Gasteiger partial charge on any atom is -0.406 e. The van der Waals surface area contributed by atoms with Crippen LogP contribution in [0.2, 0.25) is 0 Å². The lowest BCUT2D eigenvalue weighted by atomic mass is 10.2. The summed E-state index contributed by atoms with van der Waals surface area (Å²) in [5.74, 6) is -0.544. The average molecular weight is 436 g/mol. The van der Waals surface area contributed by atoms with E-state index in [4.69, 9.17) is 4.52 Å². The number of hydrogen-bond donors (Lipinski definition) is 1. The van der Waals surface area contributed by atoms with Crippen molar-refractivity contribution in [2.45, 2.75) is 19.0 Å². The van der Waals surface area contributed by atoms with Crippen molar-refractivity contribution in [3.63, 3.8) is 0 Å². The average Bonchev–Trinajstić information content (AvgIpc) is 3.09. The van der Waals surface area contributed by atoms with Crippen LogP contribution < -0.4 is 10.1 Å². The molecule has 0 radical (unpaired) electrons. The maximum atomic E-state index is 12.6. The van der Waals surface area contributed by atoms with Crippen LogP contribution in [0.1, 0.15) is 32.2 Å². The van der Waals surface area contributed by atoms with Crippen molar-refractivity contribution in [2.24, 2.45) is 0 Å². The normalized spacial score (nSPS) is 11.2. The van der Waals surface area contributed by atoms with E-state index < -0.39 is 23.1 Å². The third kappa shape index (κ3) is 5.63. The monoisotopic (exact) mass is 436 g/mol. The van der Waals surface area contributed by atoms with Gasteiger partial charge in [0.2, 0.25) is 5.12 Å². The van der Waals surface area contributed by atoms with Gasteiger partial charge in [0.1, 0.15) is 17.1 Å². The summed E-state index contributed by atoms with van der Waals surface area (Å²) in [6, 6.07) is 13.9. The van der Waals surface area contributed by atoms with E-state index in [2.05, 4.69) is 15.2 Å². The number of carbonyl (C=O) groups excluding carboxylic acids is 2. The van der Waals surface area contributed by atoms with Crippen molar-refractivity contribution in [1.29, 1.82) is 0 Å². The molecule has 0 spiro atoms. The fraction of sp³-hybridized carbons (Fsp3) is 0.150. The number of benzene rings is 2. The molecule has 0 aliphatic rings. The molecule has 3 rings (SSSR count). The fourth-order valence-electron chi connectivity index (χ4n) is 2.50. The molecule has 156 valence electrons. The number of alkyl halides is 3. The largest absolute Gasteiger partial charge is 0.573 e. The molecule has 0 saturated heterocycles. The Balaban J connectivity index is 1.69. The van der Waals surface area contributed by atoms with Crippen LogP contribution in [0, 0.1) is 6.92 Å². The molecule has 1 heterocycles. The summed E-state index contributed by atoms with van der Waals surface area (Å²) in [6.45, 7) is 1.49. The van der Waals surface area contributed by atoms with Gasteiger partial charge in [-0.25, -0.2) is 0 Å². The quantitative estimate of drug-likeness (QED) is 0.572. The molecule has 0 aliphatic heterocycles. The predicted molar refractivity (Wildman–Crippen MR) is 104 cm³/mol. The second kappa shape index (κ2) is 9.04. The molecular weight excluding hydrogens is 421 g/mol. The lowest BCUT2D eigenvalue weighted by molar-refractivity contribution is -0.274. The maximum absolute atomic E-state index is 12.6. The van der Waals surface area contributed by atoms with Crippen molar-refractivity contribution >= 4 is 28.5 Å². The number of anilines is 1. The van der Waals surface area contributed by atoms with Crippen LogP contribution in [0.25, 0.3) is 0 Å². The first-order valence-electron chi connectivity index (χ1n) is 8.57. The number of halogens is 3. The highest BCUT2D eigenvalue weighted by atomic mass is 32.2. The number of hydrogen-bond acceptors (Lipinski definition) is 6. The first kappa shape index (κ1) is 21.4. The Morgan fingerprint density at radius 1 is 1.10 bits per heavy atom. The number of aromatic nitrogens is 1. The summed E-state index contributed by atoms with van der Waals surface area (Å²) in [7, 11) is 0. The van der Waals surface area contributed by atoms with Gasteiger partial charge in [-0.3, -0.25) is 9.59 Å². The number of rotatable bonds is 6. The van der Waals surface area contributed by atoms with Crippen LogP contribution in [-0.4, -0.2) is 22.5 Å². The summed E-state index contributed by atoms with van der Waals surface area (Å²) in [5.41, 5.74) is 0.993. The highest BCUT2D eigenvalue weighted by molar-refractivity contribution is 8.13. The van der Waals surface area contributed by atoms with E-state index in [1.54, 1.807) is 0 Å². The fourth-order valence-corrected chi connectivity index (χ4v) is 3.27. The van der Waals surface area contributed by atoms with Crippen molar-refractivity contribution in [1.82, 2.24) is 5.16 Å². The molecule has 0 unspecified atom stereocenters. The molecule has 6 nitrogen and oxygen atoms in total. The lowest BCUT2D eigenvalue weighted by Crippen LogP contribution is -2.17. The summed E-state index contributed by atoms with van der Waals surface area (Å²) >= 11 is 0.977. The molecule has 10 heteroatoms. The van der Waals surface area contributed by atoms with E-state index >= 15 is 0 Å². The SMILES string of the molecule is Cc1onc(C(=O)SCc2ccccc2)c1C(=O)Nc1ccc(OC(F)(F)F)cc1. The zero-order chi connectivity index (χ0) is 21.7. The summed E-state index contributed by atoms with van der Waals surface area (Å²) in [5, 5.41) is 5.77. The third-order valence-electron chi connectivity index (χ3n) is 3.84. The molecule has 1 amide bonds. The zero-order valence-corrected chi connectivity index (χ0v) is 16.3. The molecule has 0 fully saturated rings. The summed E-state index contributed by atoms with van der Waals surface area (Å²) in [4.78, 5) is 25.1. The first-order chi connectivity index (χ1) is 14.2. The number of aryl methyl sites for hydroxylation is 1. The molecule has 0 bridgehead atoms. The third-order valence-corrected chi connectivity index (χ3v) is 4.77. The molecule has 3 aromatic rings. The van der Waals surface area contributed by atoms with Gasteiger partial charge in [0.25, 0.3) is 5.91 Å². The topological polar surface area (TPSA) is 81.4 Å². The molecular formula is C20H15F3N2O4S. The molecule has 1 N–H and O–H groups in total. The lowest BCUT2D eigenvalue weighted by Gasteiger charge is -2.10. The smallest absolute Gasteiger partial charge is 0.406 e. The number of nitrogens with zero attached hydrogens (tertiary/aromatic N) is 1. The van der Waals surface area contributed by atoms with Gasteiger partial charge in [-0.15, -0.1) is 13.2 Å². The number of amides is 1. The van der Waals surface area contributed by atoms with Gasteiger partial charge in [0.15, 0.2) is 5.69 Å². The summed E-state index contributed by atoms with van der Waals surface area (Å²) in [6.07, 6.45) is -4.81. The van der Waals surface area contributed by atoms with Crippen molar-refractivity contribution in [2.75, 3.05) is 5.32 Å². The van der Waals surface area contributed by atoms with E-state index in [0.717, 1.165) is 29.5 Å². The molecule has 0 saturated carbocycles. The van der Waals surface area contributed by atoms with Crippen LogP contribution in [0.5, 0.6) is 5.75 Å². The highest BCUT2D eigenvalue weighted by Gasteiger charge is 2.31. The van der Waals surface area contributed by atoms with Gasteiger partial charge in [-0.05, 0) is 36.8 Å². The second-order valence-electron chi connectivity index (χ2n) is 6.05. The van der Waals surface area contributed by atoms with E-state index in [1.165, 1.54) is 19.1 Å². The minimum atomic E-state index is -4.81. The van der Waals surface area contributed by atoms with Gasteiger partial charge < -0.3 is 14.6 Å². The number of nitrogens with one attached hydrogen (secondary N) is 1. The van der Waals surface area contributed by atoms with Crippen LogP contribution >= 0.6 is 11.8 Å². The van der Waals surface area contributed by atoms with Crippen LogP contribution in [-0.2, 0) is 5.75 Å². The van der Waals surface area contributed by atoms with Gasteiger partial charge in [-0.2, -0.15) is 0 Å². The Hall–Kier alpha value is -3.27. The Kier molecular flexibility index (Phi) is 6.46.